The lowest BCUT2D eigenvalue weighted by Gasteiger charge is -2.35. The molecule has 0 bridgehead atoms. The van der Waals surface area contributed by atoms with Gasteiger partial charge in [-0.3, -0.25) is 14.9 Å². The highest BCUT2D eigenvalue weighted by Gasteiger charge is 2.28. The molecule has 21 heavy (non-hydrogen) atoms. The number of carbonyl (C=O) groups is 1. The highest BCUT2D eigenvalue weighted by Crippen LogP contribution is 2.26. The van der Waals surface area contributed by atoms with E-state index >= 15 is 0 Å². The molecule has 1 amide bonds. The third-order valence-electron chi connectivity index (χ3n) is 3.55. The first-order valence-corrected chi connectivity index (χ1v) is 6.87. The van der Waals surface area contributed by atoms with E-state index in [1.54, 1.807) is 4.90 Å². The van der Waals surface area contributed by atoms with Gasteiger partial charge in [0.1, 0.15) is 0 Å². The fraction of sp³-hybridized carbons (Fsp3) is 0.462. The molecule has 1 unspecified atom stereocenters. The van der Waals surface area contributed by atoms with Crippen LogP contribution in [0.5, 0.6) is 0 Å². The fourth-order valence-electron chi connectivity index (χ4n) is 2.46. The highest BCUT2D eigenvalue weighted by molar-refractivity contribution is 6.34. The summed E-state index contributed by atoms with van der Waals surface area (Å²) >= 11 is 6.00. The zero-order chi connectivity index (χ0) is 14.7. The Kier molecular flexibility index (Phi) is 6.39. The number of piperidine rings is 1. The van der Waals surface area contributed by atoms with Gasteiger partial charge in [-0.05, 0) is 25.3 Å². The van der Waals surface area contributed by atoms with Crippen LogP contribution in [0.3, 0.4) is 0 Å². The normalized spacial score (nSPS) is 18.0. The second kappa shape index (κ2) is 7.59. The number of benzene rings is 1. The molecule has 116 valence electrons. The van der Waals surface area contributed by atoms with Crippen molar-refractivity contribution in [2.75, 3.05) is 13.1 Å². The van der Waals surface area contributed by atoms with Gasteiger partial charge in [0, 0.05) is 31.3 Å². The lowest BCUT2D eigenvalue weighted by molar-refractivity contribution is -0.384. The second-order valence-corrected chi connectivity index (χ2v) is 5.21. The molecule has 0 saturated carbocycles. The summed E-state index contributed by atoms with van der Waals surface area (Å²) in [6.45, 7) is 1.06. The van der Waals surface area contributed by atoms with Crippen molar-refractivity contribution in [1.29, 1.82) is 0 Å². The van der Waals surface area contributed by atoms with Crippen molar-refractivity contribution in [2.45, 2.75) is 25.3 Å². The number of nitro groups is 1. The number of hydrogen-bond acceptors (Lipinski definition) is 4. The predicted octanol–water partition coefficient (Wildman–Crippen LogP) is 2.62. The van der Waals surface area contributed by atoms with Gasteiger partial charge in [0.15, 0.2) is 0 Å². The van der Waals surface area contributed by atoms with Gasteiger partial charge < -0.3 is 10.6 Å². The molecule has 1 saturated heterocycles. The van der Waals surface area contributed by atoms with Crippen molar-refractivity contribution in [3.05, 3.63) is 38.9 Å². The van der Waals surface area contributed by atoms with Gasteiger partial charge in [0.2, 0.25) is 0 Å². The molecule has 0 spiro atoms. The molecule has 1 heterocycles. The van der Waals surface area contributed by atoms with E-state index in [1.807, 2.05) is 0 Å². The standard InChI is InChI=1S/C13H16ClN3O3.ClH/c14-12-7-9(17(19)20)4-5-11(12)13(18)16-6-2-1-3-10(16)8-15;/h4-5,7,10H,1-3,6,8,15H2;1H. The van der Waals surface area contributed by atoms with Crippen LogP contribution in [0.15, 0.2) is 18.2 Å². The summed E-state index contributed by atoms with van der Waals surface area (Å²) in [6.07, 6.45) is 2.87. The van der Waals surface area contributed by atoms with E-state index in [9.17, 15) is 14.9 Å². The van der Waals surface area contributed by atoms with E-state index in [0.717, 1.165) is 19.3 Å². The minimum atomic E-state index is -0.538. The maximum absolute atomic E-state index is 12.5. The fourth-order valence-corrected chi connectivity index (χ4v) is 2.71. The smallest absolute Gasteiger partial charge is 0.270 e. The average Bonchev–Trinajstić information content (AvgIpc) is 2.46. The number of nitrogens with zero attached hydrogens (tertiary/aromatic N) is 2. The SMILES string of the molecule is Cl.NCC1CCCCN1C(=O)c1ccc([N+](=O)[O-])cc1Cl. The monoisotopic (exact) mass is 333 g/mol. The number of likely N-dealkylation sites (tertiary alicyclic amines) is 1. The Bertz CT molecular complexity index is 539. The number of amides is 1. The molecular weight excluding hydrogens is 317 g/mol. The Hall–Kier alpha value is -1.37. The third-order valence-corrected chi connectivity index (χ3v) is 3.87. The Labute approximate surface area is 133 Å². The van der Waals surface area contributed by atoms with Crippen molar-refractivity contribution >= 4 is 35.6 Å². The van der Waals surface area contributed by atoms with Gasteiger partial charge in [0.25, 0.3) is 11.6 Å². The number of halogens is 2. The zero-order valence-electron chi connectivity index (χ0n) is 11.3. The minimum absolute atomic E-state index is 0. The first-order valence-electron chi connectivity index (χ1n) is 6.49. The number of non-ortho nitro benzene ring substituents is 1. The van der Waals surface area contributed by atoms with E-state index in [-0.39, 0.29) is 40.6 Å². The van der Waals surface area contributed by atoms with Gasteiger partial charge in [-0.15, -0.1) is 12.4 Å². The van der Waals surface area contributed by atoms with Gasteiger partial charge in [-0.1, -0.05) is 11.6 Å². The molecule has 0 aliphatic carbocycles. The van der Waals surface area contributed by atoms with E-state index < -0.39 is 4.92 Å². The van der Waals surface area contributed by atoms with Crippen LogP contribution in [0.1, 0.15) is 29.6 Å². The molecule has 1 aliphatic rings. The summed E-state index contributed by atoms with van der Waals surface area (Å²) in [4.78, 5) is 24.3. The van der Waals surface area contributed by atoms with Crippen LogP contribution in [-0.2, 0) is 0 Å². The van der Waals surface area contributed by atoms with Crippen LogP contribution in [0.4, 0.5) is 5.69 Å². The van der Waals surface area contributed by atoms with Crippen LogP contribution in [0.2, 0.25) is 5.02 Å². The van der Waals surface area contributed by atoms with E-state index in [4.69, 9.17) is 17.3 Å². The molecule has 2 rings (SSSR count). The second-order valence-electron chi connectivity index (χ2n) is 4.81. The van der Waals surface area contributed by atoms with Crippen LogP contribution in [-0.4, -0.2) is 34.9 Å². The van der Waals surface area contributed by atoms with Crippen LogP contribution in [0.25, 0.3) is 0 Å². The molecular formula is C13H17Cl2N3O3. The minimum Gasteiger partial charge on any atom is -0.334 e. The molecule has 8 heteroatoms. The van der Waals surface area contributed by atoms with Crippen LogP contribution in [0, 0.1) is 10.1 Å². The van der Waals surface area contributed by atoms with E-state index in [1.165, 1.54) is 18.2 Å². The first-order chi connectivity index (χ1) is 9.54. The summed E-state index contributed by atoms with van der Waals surface area (Å²) in [7, 11) is 0. The molecule has 1 aromatic carbocycles. The third kappa shape index (κ3) is 3.84. The number of rotatable bonds is 3. The number of nitrogens with two attached hydrogens (primary N) is 1. The number of carbonyl (C=O) groups excluding carboxylic acids is 1. The summed E-state index contributed by atoms with van der Waals surface area (Å²) in [5.74, 6) is -0.208. The Morgan fingerprint density at radius 3 is 2.76 bits per heavy atom. The summed E-state index contributed by atoms with van der Waals surface area (Å²) in [5.41, 5.74) is 5.86. The Balaban J connectivity index is 0.00000220. The molecule has 0 aromatic heterocycles. The summed E-state index contributed by atoms with van der Waals surface area (Å²) in [5, 5.41) is 10.8. The van der Waals surface area contributed by atoms with Gasteiger partial charge in [-0.25, -0.2) is 0 Å². The number of nitro benzene ring substituents is 1. The van der Waals surface area contributed by atoms with Crippen molar-refractivity contribution < 1.29 is 9.72 Å². The van der Waals surface area contributed by atoms with Gasteiger partial charge in [0.05, 0.1) is 15.5 Å². The largest absolute Gasteiger partial charge is 0.334 e. The molecule has 1 atom stereocenters. The molecule has 1 fully saturated rings. The lowest BCUT2D eigenvalue weighted by Crippen LogP contribution is -2.47. The topological polar surface area (TPSA) is 89.5 Å². The Morgan fingerprint density at radius 2 is 2.19 bits per heavy atom. The maximum Gasteiger partial charge on any atom is 0.270 e. The highest BCUT2D eigenvalue weighted by atomic mass is 35.5. The number of hydrogen-bond donors (Lipinski definition) is 1. The van der Waals surface area contributed by atoms with Crippen molar-refractivity contribution in [3.63, 3.8) is 0 Å². The molecule has 0 radical (unpaired) electrons. The van der Waals surface area contributed by atoms with Crippen LogP contribution < -0.4 is 5.73 Å². The molecule has 1 aromatic rings. The van der Waals surface area contributed by atoms with Crippen molar-refractivity contribution in [3.8, 4) is 0 Å². The lowest BCUT2D eigenvalue weighted by atomic mass is 10.0. The molecule has 6 nitrogen and oxygen atoms in total. The molecule has 2 N–H and O–H groups in total. The average molecular weight is 334 g/mol. The predicted molar refractivity (Wildman–Crippen MR) is 83.1 cm³/mol. The van der Waals surface area contributed by atoms with E-state index in [0.29, 0.717) is 13.1 Å². The summed E-state index contributed by atoms with van der Waals surface area (Å²) < 4.78 is 0. The Morgan fingerprint density at radius 1 is 1.48 bits per heavy atom. The van der Waals surface area contributed by atoms with E-state index in [2.05, 4.69) is 0 Å². The van der Waals surface area contributed by atoms with Crippen molar-refractivity contribution in [2.24, 2.45) is 5.73 Å². The van der Waals surface area contributed by atoms with Gasteiger partial charge >= 0.3 is 0 Å². The maximum atomic E-state index is 12.5. The van der Waals surface area contributed by atoms with Crippen LogP contribution >= 0.6 is 24.0 Å². The first kappa shape index (κ1) is 17.7. The zero-order valence-corrected chi connectivity index (χ0v) is 12.9. The quantitative estimate of drug-likeness (QED) is 0.680. The molecule has 1 aliphatic heterocycles. The summed E-state index contributed by atoms with van der Waals surface area (Å²) in [6, 6.07) is 3.92. The van der Waals surface area contributed by atoms with Gasteiger partial charge in [-0.2, -0.15) is 0 Å². The van der Waals surface area contributed by atoms with Crippen molar-refractivity contribution in [1.82, 2.24) is 4.90 Å².